The van der Waals surface area contributed by atoms with Gasteiger partial charge in [0.05, 0.1) is 0 Å². The molecule has 0 heterocycles. The van der Waals surface area contributed by atoms with E-state index in [-0.39, 0.29) is 0 Å². The molecular formula is C14H12F2N2O. The number of carbonyl (C=O) groups excluding carboxylic acids is 1. The van der Waals surface area contributed by atoms with Gasteiger partial charge in [0.15, 0.2) is 0 Å². The van der Waals surface area contributed by atoms with Crippen molar-refractivity contribution < 1.29 is 13.6 Å². The van der Waals surface area contributed by atoms with Crippen LogP contribution < -0.4 is 10.6 Å². The maximum atomic E-state index is 13.3. The lowest BCUT2D eigenvalue weighted by atomic mass is 10.2. The molecule has 0 fully saturated rings. The van der Waals surface area contributed by atoms with Gasteiger partial charge in [0.25, 0.3) is 0 Å². The van der Waals surface area contributed by atoms with E-state index in [2.05, 4.69) is 10.6 Å². The van der Waals surface area contributed by atoms with Crippen LogP contribution in [0, 0.1) is 18.6 Å². The minimum atomic E-state index is -0.820. The molecule has 3 nitrogen and oxygen atoms in total. The second-order valence-electron chi connectivity index (χ2n) is 4.05. The fourth-order valence-corrected chi connectivity index (χ4v) is 1.62. The van der Waals surface area contributed by atoms with Crippen molar-refractivity contribution in [3.05, 3.63) is 59.7 Å². The van der Waals surface area contributed by atoms with E-state index < -0.39 is 23.4 Å². The topological polar surface area (TPSA) is 41.1 Å². The van der Waals surface area contributed by atoms with Crippen LogP contribution in [0.1, 0.15) is 5.56 Å². The van der Waals surface area contributed by atoms with E-state index in [0.29, 0.717) is 5.69 Å². The third-order valence-electron chi connectivity index (χ3n) is 2.48. The molecule has 0 saturated heterocycles. The fraction of sp³-hybridized carbons (Fsp3) is 0.0714. The Kier molecular flexibility index (Phi) is 3.75. The van der Waals surface area contributed by atoms with E-state index in [1.54, 1.807) is 18.2 Å². The summed E-state index contributed by atoms with van der Waals surface area (Å²) >= 11 is 0. The Balaban J connectivity index is 2.10. The van der Waals surface area contributed by atoms with Gasteiger partial charge < -0.3 is 10.6 Å². The smallest absolute Gasteiger partial charge is 0.308 e. The number of nitrogens with one attached hydrogen (secondary N) is 2. The maximum Gasteiger partial charge on any atom is 0.323 e. The summed E-state index contributed by atoms with van der Waals surface area (Å²) in [5, 5.41) is 4.65. The highest BCUT2D eigenvalue weighted by Gasteiger charge is 2.11. The van der Waals surface area contributed by atoms with E-state index in [9.17, 15) is 13.6 Å². The molecule has 0 atom stereocenters. The molecular weight excluding hydrogens is 250 g/mol. The number of hydrogen-bond donors (Lipinski definition) is 2. The van der Waals surface area contributed by atoms with Crippen LogP contribution in [0.5, 0.6) is 0 Å². The molecule has 2 N–H and O–H groups in total. The number of rotatable bonds is 2. The highest BCUT2D eigenvalue weighted by Crippen LogP contribution is 2.18. The lowest BCUT2D eigenvalue weighted by Gasteiger charge is -2.09. The lowest BCUT2D eigenvalue weighted by Crippen LogP contribution is -2.20. The van der Waals surface area contributed by atoms with Crippen molar-refractivity contribution in [1.82, 2.24) is 0 Å². The summed E-state index contributed by atoms with van der Waals surface area (Å²) in [5.74, 6) is -1.64. The molecule has 2 aromatic rings. The quantitative estimate of drug-likeness (QED) is 0.846. The minimum absolute atomic E-state index is 0.465. The van der Waals surface area contributed by atoms with E-state index in [4.69, 9.17) is 0 Å². The van der Waals surface area contributed by atoms with Crippen LogP contribution in [-0.2, 0) is 0 Å². The first-order valence-corrected chi connectivity index (χ1v) is 5.65. The standard InChI is InChI=1S/C14H12F2N2O/c1-9-4-2-5-10(8-9)17-14(19)18-13-11(15)6-3-7-12(13)16/h2-8H,1H3,(H2,17,18,19). The number of anilines is 2. The Morgan fingerprint density at radius 2 is 1.63 bits per heavy atom. The third-order valence-corrected chi connectivity index (χ3v) is 2.48. The molecule has 0 unspecified atom stereocenters. The summed E-state index contributed by atoms with van der Waals surface area (Å²) in [6.07, 6.45) is 0. The van der Waals surface area contributed by atoms with Crippen molar-refractivity contribution in [1.29, 1.82) is 0 Å². The molecule has 0 aromatic heterocycles. The zero-order chi connectivity index (χ0) is 13.8. The average molecular weight is 262 g/mol. The van der Waals surface area contributed by atoms with Gasteiger partial charge in [-0.15, -0.1) is 0 Å². The van der Waals surface area contributed by atoms with Gasteiger partial charge in [0.1, 0.15) is 17.3 Å². The van der Waals surface area contributed by atoms with Gasteiger partial charge >= 0.3 is 6.03 Å². The number of para-hydroxylation sites is 1. The largest absolute Gasteiger partial charge is 0.323 e. The van der Waals surface area contributed by atoms with E-state index in [1.165, 1.54) is 6.07 Å². The van der Waals surface area contributed by atoms with E-state index in [0.717, 1.165) is 17.7 Å². The van der Waals surface area contributed by atoms with E-state index in [1.807, 2.05) is 13.0 Å². The predicted molar refractivity (Wildman–Crippen MR) is 70.2 cm³/mol. The zero-order valence-corrected chi connectivity index (χ0v) is 10.2. The first kappa shape index (κ1) is 13.0. The summed E-state index contributed by atoms with van der Waals surface area (Å²) in [6.45, 7) is 1.87. The SMILES string of the molecule is Cc1cccc(NC(=O)Nc2c(F)cccc2F)c1. The van der Waals surface area contributed by atoms with Crippen molar-refractivity contribution in [2.24, 2.45) is 0 Å². The van der Waals surface area contributed by atoms with Crippen molar-refractivity contribution >= 4 is 17.4 Å². The Morgan fingerprint density at radius 3 is 2.26 bits per heavy atom. The molecule has 0 aliphatic rings. The number of benzene rings is 2. The third kappa shape index (κ3) is 3.28. The molecule has 2 amide bonds. The number of urea groups is 1. The fourth-order valence-electron chi connectivity index (χ4n) is 1.62. The van der Waals surface area contributed by atoms with Crippen LogP contribution in [0.15, 0.2) is 42.5 Å². The normalized spacial score (nSPS) is 10.1. The van der Waals surface area contributed by atoms with Crippen molar-refractivity contribution in [2.45, 2.75) is 6.92 Å². The summed E-state index contributed by atoms with van der Waals surface area (Å²) in [4.78, 5) is 11.6. The van der Waals surface area contributed by atoms with Crippen LogP contribution >= 0.6 is 0 Å². The molecule has 98 valence electrons. The highest BCUT2D eigenvalue weighted by atomic mass is 19.1. The number of hydrogen-bond acceptors (Lipinski definition) is 1. The molecule has 19 heavy (non-hydrogen) atoms. The average Bonchev–Trinajstić information content (AvgIpc) is 2.34. The van der Waals surface area contributed by atoms with Gasteiger partial charge in [0, 0.05) is 5.69 Å². The van der Waals surface area contributed by atoms with Crippen LogP contribution in [0.4, 0.5) is 25.0 Å². The Labute approximate surface area is 109 Å². The predicted octanol–water partition coefficient (Wildman–Crippen LogP) is 3.92. The Hall–Kier alpha value is -2.43. The first-order valence-electron chi connectivity index (χ1n) is 5.65. The van der Waals surface area contributed by atoms with Gasteiger partial charge in [-0.2, -0.15) is 0 Å². The summed E-state index contributed by atoms with van der Waals surface area (Å²) in [7, 11) is 0. The zero-order valence-electron chi connectivity index (χ0n) is 10.2. The lowest BCUT2D eigenvalue weighted by molar-refractivity contribution is 0.262. The van der Waals surface area contributed by atoms with Crippen LogP contribution in [-0.4, -0.2) is 6.03 Å². The Bertz CT molecular complexity index is 594. The highest BCUT2D eigenvalue weighted by molar-refractivity contribution is 5.99. The summed E-state index contributed by atoms with van der Waals surface area (Å²) in [6, 6.07) is 9.76. The van der Waals surface area contributed by atoms with Crippen molar-refractivity contribution in [2.75, 3.05) is 10.6 Å². The molecule has 0 aliphatic carbocycles. The van der Waals surface area contributed by atoms with Crippen LogP contribution in [0.25, 0.3) is 0 Å². The second-order valence-corrected chi connectivity index (χ2v) is 4.05. The number of aryl methyl sites for hydroxylation is 1. The van der Waals surface area contributed by atoms with Crippen LogP contribution in [0.3, 0.4) is 0 Å². The number of halogens is 2. The molecule has 0 saturated carbocycles. The second kappa shape index (κ2) is 5.48. The van der Waals surface area contributed by atoms with Crippen LogP contribution in [0.2, 0.25) is 0 Å². The van der Waals surface area contributed by atoms with E-state index >= 15 is 0 Å². The molecule has 0 spiro atoms. The molecule has 0 aliphatic heterocycles. The summed E-state index contributed by atoms with van der Waals surface area (Å²) in [5.41, 5.74) is 1.05. The maximum absolute atomic E-state index is 13.3. The van der Waals surface area contributed by atoms with Gasteiger partial charge in [-0.1, -0.05) is 18.2 Å². The van der Waals surface area contributed by atoms with Gasteiger partial charge in [-0.3, -0.25) is 0 Å². The minimum Gasteiger partial charge on any atom is -0.308 e. The molecule has 2 rings (SSSR count). The molecule has 2 aromatic carbocycles. The van der Waals surface area contributed by atoms with Crippen molar-refractivity contribution in [3.8, 4) is 0 Å². The Morgan fingerprint density at radius 1 is 1.00 bits per heavy atom. The number of carbonyl (C=O) groups is 1. The van der Waals surface area contributed by atoms with Gasteiger partial charge in [-0.05, 0) is 36.8 Å². The summed E-state index contributed by atoms with van der Waals surface area (Å²) < 4.78 is 26.7. The van der Waals surface area contributed by atoms with Gasteiger partial charge in [0.2, 0.25) is 0 Å². The number of amides is 2. The van der Waals surface area contributed by atoms with Crippen molar-refractivity contribution in [3.63, 3.8) is 0 Å². The molecule has 5 heteroatoms. The molecule has 0 bridgehead atoms. The molecule has 0 radical (unpaired) electrons. The first-order chi connectivity index (χ1) is 9.06. The van der Waals surface area contributed by atoms with Gasteiger partial charge in [-0.25, -0.2) is 13.6 Å². The monoisotopic (exact) mass is 262 g/mol.